The zero-order chi connectivity index (χ0) is 13.6. The third kappa shape index (κ3) is 11.0. The van der Waals surface area contributed by atoms with Crippen LogP contribution in [0.15, 0.2) is 0 Å². The first-order chi connectivity index (χ1) is 8.72. The first-order valence-corrected chi connectivity index (χ1v) is 7.93. The summed E-state index contributed by atoms with van der Waals surface area (Å²) in [5.74, 6) is 0. The van der Waals surface area contributed by atoms with Crippen LogP contribution in [-0.4, -0.2) is 18.6 Å². The third-order valence-electron chi connectivity index (χ3n) is 3.71. The topological polar surface area (TPSA) is 78.1 Å². The lowest BCUT2D eigenvalue weighted by Crippen LogP contribution is -2.46. The minimum atomic E-state index is -0.0245. The molecule has 0 fully saturated rings. The fourth-order valence-corrected chi connectivity index (χ4v) is 2.26. The van der Waals surface area contributed by atoms with Gasteiger partial charge in [0.2, 0.25) is 0 Å². The van der Waals surface area contributed by atoms with Gasteiger partial charge in [0.15, 0.2) is 0 Å². The molecule has 0 aromatic rings. The predicted molar refractivity (Wildman–Crippen MR) is 81.5 cm³/mol. The van der Waals surface area contributed by atoms with E-state index in [2.05, 4.69) is 6.92 Å². The lowest BCUT2D eigenvalue weighted by Gasteiger charge is -2.17. The molecule has 2 unspecified atom stereocenters. The predicted octanol–water partition coefficient (Wildman–Crippen LogP) is 2.91. The lowest BCUT2D eigenvalue weighted by atomic mass is 10.0. The van der Waals surface area contributed by atoms with Gasteiger partial charge in [0.1, 0.15) is 0 Å². The highest BCUT2D eigenvalue weighted by Gasteiger charge is 2.10. The van der Waals surface area contributed by atoms with E-state index < -0.39 is 0 Å². The summed E-state index contributed by atoms with van der Waals surface area (Å²) in [6.07, 6.45) is 14.6. The molecule has 0 aromatic heterocycles. The van der Waals surface area contributed by atoms with Gasteiger partial charge in [-0.2, -0.15) is 0 Å². The lowest BCUT2D eigenvalue weighted by molar-refractivity contribution is 0.467. The van der Waals surface area contributed by atoms with Gasteiger partial charge in [-0.05, 0) is 6.42 Å². The van der Waals surface area contributed by atoms with E-state index in [1.165, 1.54) is 64.2 Å². The average Bonchev–Trinajstić information content (AvgIpc) is 2.39. The molecule has 0 aromatic carbocycles. The van der Waals surface area contributed by atoms with Crippen LogP contribution in [0.25, 0.3) is 0 Å². The minimum absolute atomic E-state index is 0.0245. The summed E-state index contributed by atoms with van der Waals surface area (Å²) in [4.78, 5) is 0. The Labute approximate surface area is 114 Å². The molecule has 0 radical (unpaired) electrons. The van der Waals surface area contributed by atoms with E-state index in [-0.39, 0.29) is 12.1 Å². The van der Waals surface area contributed by atoms with Gasteiger partial charge in [0.25, 0.3) is 0 Å². The average molecular weight is 257 g/mol. The highest BCUT2D eigenvalue weighted by molar-refractivity contribution is 4.76. The maximum Gasteiger partial charge on any atom is 0.0317 e. The summed E-state index contributed by atoms with van der Waals surface area (Å²) >= 11 is 0. The van der Waals surface area contributed by atoms with Crippen LogP contribution in [0, 0.1) is 0 Å². The molecule has 2 atom stereocenters. The molecule has 0 amide bonds. The van der Waals surface area contributed by atoms with Gasteiger partial charge in [-0.25, -0.2) is 0 Å². The van der Waals surface area contributed by atoms with E-state index in [4.69, 9.17) is 17.2 Å². The van der Waals surface area contributed by atoms with Crippen molar-refractivity contribution in [2.24, 2.45) is 17.2 Å². The van der Waals surface area contributed by atoms with Crippen molar-refractivity contribution in [2.75, 3.05) is 6.54 Å². The summed E-state index contributed by atoms with van der Waals surface area (Å²) in [6, 6.07) is 0.0626. The maximum absolute atomic E-state index is 5.93. The van der Waals surface area contributed by atoms with Crippen LogP contribution >= 0.6 is 0 Å². The highest BCUT2D eigenvalue weighted by atomic mass is 14.8. The molecule has 0 spiro atoms. The van der Waals surface area contributed by atoms with Crippen molar-refractivity contribution in [1.82, 2.24) is 0 Å². The first-order valence-electron chi connectivity index (χ1n) is 7.93. The number of hydrogen-bond donors (Lipinski definition) is 3. The van der Waals surface area contributed by atoms with Crippen molar-refractivity contribution in [2.45, 2.75) is 89.6 Å². The normalized spacial score (nSPS) is 14.7. The van der Waals surface area contributed by atoms with Crippen LogP contribution in [0.3, 0.4) is 0 Å². The molecular weight excluding hydrogens is 222 g/mol. The first kappa shape index (κ1) is 17.9. The Hall–Kier alpha value is -0.120. The maximum atomic E-state index is 5.93. The van der Waals surface area contributed by atoms with E-state index in [0.29, 0.717) is 6.54 Å². The third-order valence-corrected chi connectivity index (χ3v) is 3.71. The van der Waals surface area contributed by atoms with E-state index in [9.17, 15) is 0 Å². The molecule has 0 rings (SSSR count). The van der Waals surface area contributed by atoms with Crippen molar-refractivity contribution >= 4 is 0 Å². The second kappa shape index (κ2) is 13.3. The van der Waals surface area contributed by atoms with Gasteiger partial charge in [-0.3, -0.25) is 0 Å². The standard InChI is InChI=1S/C15H35N3/c1-2-3-4-5-6-7-8-9-10-11-12-14(17)15(18)13-16/h14-15H,2-13,16-18H2,1H3. The fraction of sp³-hybridized carbons (Fsp3) is 1.00. The molecule has 0 aliphatic rings. The molecule has 0 saturated carbocycles. The van der Waals surface area contributed by atoms with Gasteiger partial charge < -0.3 is 17.2 Å². The Morgan fingerprint density at radius 1 is 0.667 bits per heavy atom. The van der Waals surface area contributed by atoms with Crippen LogP contribution in [-0.2, 0) is 0 Å². The molecule has 110 valence electrons. The zero-order valence-electron chi connectivity index (χ0n) is 12.4. The molecule has 18 heavy (non-hydrogen) atoms. The summed E-state index contributed by atoms with van der Waals surface area (Å²) in [6.45, 7) is 2.76. The number of nitrogens with two attached hydrogens (primary N) is 3. The van der Waals surface area contributed by atoms with E-state index in [0.717, 1.165) is 6.42 Å². The van der Waals surface area contributed by atoms with Crippen LogP contribution < -0.4 is 17.2 Å². The number of unbranched alkanes of at least 4 members (excludes halogenated alkanes) is 9. The van der Waals surface area contributed by atoms with Gasteiger partial charge >= 0.3 is 0 Å². The molecule has 0 heterocycles. The largest absolute Gasteiger partial charge is 0.329 e. The highest BCUT2D eigenvalue weighted by Crippen LogP contribution is 2.11. The summed E-state index contributed by atoms with van der Waals surface area (Å²) in [5, 5.41) is 0. The fourth-order valence-electron chi connectivity index (χ4n) is 2.26. The van der Waals surface area contributed by atoms with E-state index in [1.54, 1.807) is 0 Å². The molecule has 3 nitrogen and oxygen atoms in total. The monoisotopic (exact) mass is 257 g/mol. The molecular formula is C15H35N3. The Morgan fingerprint density at radius 3 is 1.56 bits per heavy atom. The van der Waals surface area contributed by atoms with Crippen molar-refractivity contribution < 1.29 is 0 Å². The van der Waals surface area contributed by atoms with E-state index >= 15 is 0 Å². The van der Waals surface area contributed by atoms with Gasteiger partial charge in [-0.15, -0.1) is 0 Å². The zero-order valence-corrected chi connectivity index (χ0v) is 12.4. The van der Waals surface area contributed by atoms with Crippen molar-refractivity contribution in [1.29, 1.82) is 0 Å². The van der Waals surface area contributed by atoms with Crippen LogP contribution in [0.2, 0.25) is 0 Å². The Kier molecular flexibility index (Phi) is 13.2. The second-order valence-corrected chi connectivity index (χ2v) is 5.53. The molecule has 0 aliphatic heterocycles. The van der Waals surface area contributed by atoms with Crippen LogP contribution in [0.1, 0.15) is 77.6 Å². The van der Waals surface area contributed by atoms with Crippen LogP contribution in [0.5, 0.6) is 0 Å². The quantitative estimate of drug-likeness (QED) is 0.444. The van der Waals surface area contributed by atoms with Gasteiger partial charge in [0.05, 0.1) is 0 Å². The molecule has 3 heteroatoms. The van der Waals surface area contributed by atoms with Crippen molar-refractivity contribution in [3.8, 4) is 0 Å². The van der Waals surface area contributed by atoms with Gasteiger partial charge in [0, 0.05) is 18.6 Å². The summed E-state index contributed by atoms with van der Waals surface area (Å²) < 4.78 is 0. The molecule has 0 bridgehead atoms. The summed E-state index contributed by atoms with van der Waals surface area (Å²) in [7, 11) is 0. The molecule has 0 saturated heterocycles. The smallest absolute Gasteiger partial charge is 0.0317 e. The SMILES string of the molecule is CCCCCCCCCCCCC(N)C(N)CN. The van der Waals surface area contributed by atoms with E-state index in [1.807, 2.05) is 0 Å². The summed E-state index contributed by atoms with van der Waals surface area (Å²) in [5.41, 5.74) is 17.2. The van der Waals surface area contributed by atoms with Gasteiger partial charge in [-0.1, -0.05) is 71.1 Å². The Morgan fingerprint density at radius 2 is 1.11 bits per heavy atom. The molecule has 0 aliphatic carbocycles. The second-order valence-electron chi connectivity index (χ2n) is 5.53. The number of rotatable bonds is 13. The Bertz CT molecular complexity index is 162. The van der Waals surface area contributed by atoms with Crippen LogP contribution in [0.4, 0.5) is 0 Å². The minimum Gasteiger partial charge on any atom is -0.329 e. The Balaban J connectivity index is 3.11. The number of hydrogen-bond acceptors (Lipinski definition) is 3. The van der Waals surface area contributed by atoms with Crippen molar-refractivity contribution in [3.05, 3.63) is 0 Å². The van der Waals surface area contributed by atoms with Crippen molar-refractivity contribution in [3.63, 3.8) is 0 Å². The molecule has 6 N–H and O–H groups in total.